The number of hydrogen-bond acceptors (Lipinski definition) is 2. The molecule has 14 heavy (non-hydrogen) atoms. The lowest BCUT2D eigenvalue weighted by Gasteiger charge is -2.11. The molecule has 0 aliphatic rings. The summed E-state index contributed by atoms with van der Waals surface area (Å²) >= 11 is 0. The van der Waals surface area contributed by atoms with Crippen molar-refractivity contribution in [3.63, 3.8) is 0 Å². The van der Waals surface area contributed by atoms with Gasteiger partial charge in [-0.3, -0.25) is 4.79 Å². The molecule has 1 aromatic carbocycles. The largest absolute Gasteiger partial charge is 0.497 e. The molecule has 0 aromatic heterocycles. The molecule has 1 unspecified atom stereocenters. The minimum atomic E-state index is -0.818. The normalized spacial score (nSPS) is 12.2. The fraction of sp³-hybridized carbons (Fsp3) is 0.364. The Morgan fingerprint density at radius 1 is 1.50 bits per heavy atom. The van der Waals surface area contributed by atoms with Gasteiger partial charge in [0.05, 0.1) is 13.0 Å². The van der Waals surface area contributed by atoms with Crippen LogP contribution in [-0.4, -0.2) is 18.2 Å². The van der Waals surface area contributed by atoms with Crippen LogP contribution in [0.1, 0.15) is 24.0 Å². The van der Waals surface area contributed by atoms with Crippen LogP contribution in [0.25, 0.3) is 0 Å². The number of aliphatic carboxylic acids is 1. The quantitative estimate of drug-likeness (QED) is 0.802. The molecular formula is C11H14O3. The summed E-state index contributed by atoms with van der Waals surface area (Å²) in [6, 6.07) is 5.47. The van der Waals surface area contributed by atoms with Gasteiger partial charge in [-0.25, -0.2) is 0 Å². The lowest BCUT2D eigenvalue weighted by atomic mass is 9.96. The molecule has 3 heteroatoms. The summed E-state index contributed by atoms with van der Waals surface area (Å²) < 4.78 is 5.05. The van der Waals surface area contributed by atoms with Crippen molar-refractivity contribution in [3.8, 4) is 5.75 Å². The van der Waals surface area contributed by atoms with Gasteiger partial charge in [0, 0.05) is 0 Å². The van der Waals surface area contributed by atoms with Crippen LogP contribution in [0.2, 0.25) is 0 Å². The number of hydrogen-bond donors (Lipinski definition) is 1. The average Bonchev–Trinajstić information content (AvgIpc) is 2.17. The average molecular weight is 194 g/mol. The Morgan fingerprint density at radius 2 is 2.14 bits per heavy atom. The number of aryl methyl sites for hydroxylation is 1. The van der Waals surface area contributed by atoms with Crippen LogP contribution in [0.15, 0.2) is 18.2 Å². The third-order valence-corrected chi connectivity index (χ3v) is 2.32. The Bertz CT molecular complexity index is 344. The van der Waals surface area contributed by atoms with Gasteiger partial charge in [-0.2, -0.15) is 0 Å². The van der Waals surface area contributed by atoms with Crippen LogP contribution in [-0.2, 0) is 4.79 Å². The van der Waals surface area contributed by atoms with Crippen LogP contribution < -0.4 is 4.74 Å². The van der Waals surface area contributed by atoms with E-state index in [0.29, 0.717) is 5.75 Å². The predicted octanol–water partition coefficient (Wildman–Crippen LogP) is 2.19. The summed E-state index contributed by atoms with van der Waals surface area (Å²) in [6.07, 6.45) is 0. The molecule has 0 spiro atoms. The van der Waals surface area contributed by atoms with Gasteiger partial charge in [0.1, 0.15) is 5.75 Å². The predicted molar refractivity (Wildman–Crippen MR) is 53.8 cm³/mol. The van der Waals surface area contributed by atoms with Gasteiger partial charge < -0.3 is 9.84 Å². The number of rotatable bonds is 3. The van der Waals surface area contributed by atoms with Gasteiger partial charge in [0.15, 0.2) is 0 Å². The van der Waals surface area contributed by atoms with Crippen molar-refractivity contribution < 1.29 is 14.6 Å². The molecule has 1 aromatic rings. The van der Waals surface area contributed by atoms with E-state index < -0.39 is 11.9 Å². The Kier molecular flexibility index (Phi) is 3.12. The molecule has 76 valence electrons. The minimum absolute atomic E-state index is 0.495. The molecule has 1 atom stereocenters. The second kappa shape index (κ2) is 4.13. The zero-order valence-corrected chi connectivity index (χ0v) is 8.57. The zero-order chi connectivity index (χ0) is 10.7. The highest BCUT2D eigenvalue weighted by atomic mass is 16.5. The Balaban J connectivity index is 3.11. The molecule has 0 bridgehead atoms. The van der Waals surface area contributed by atoms with E-state index in [1.54, 1.807) is 20.1 Å². The van der Waals surface area contributed by atoms with Crippen LogP contribution in [0.4, 0.5) is 0 Å². The molecule has 0 amide bonds. The standard InChI is InChI=1S/C11H14O3/c1-7-4-5-9(14-3)6-10(7)8(2)11(12)13/h4-6,8H,1-3H3,(H,12,13). The Morgan fingerprint density at radius 3 is 2.64 bits per heavy atom. The molecular weight excluding hydrogens is 180 g/mol. The van der Waals surface area contributed by atoms with E-state index in [4.69, 9.17) is 9.84 Å². The number of carboxylic acid groups (broad SMARTS) is 1. The highest BCUT2D eigenvalue weighted by Crippen LogP contribution is 2.24. The maximum absolute atomic E-state index is 10.8. The van der Waals surface area contributed by atoms with E-state index in [9.17, 15) is 4.79 Å². The molecule has 0 aliphatic heterocycles. The first-order chi connectivity index (χ1) is 6.56. The van der Waals surface area contributed by atoms with Crippen LogP contribution >= 0.6 is 0 Å². The van der Waals surface area contributed by atoms with E-state index in [2.05, 4.69) is 0 Å². The summed E-state index contributed by atoms with van der Waals surface area (Å²) in [5.41, 5.74) is 1.78. The molecule has 1 rings (SSSR count). The van der Waals surface area contributed by atoms with Gasteiger partial charge in [0.25, 0.3) is 0 Å². The smallest absolute Gasteiger partial charge is 0.310 e. The Hall–Kier alpha value is -1.51. The SMILES string of the molecule is COc1ccc(C)c(C(C)C(=O)O)c1. The highest BCUT2D eigenvalue weighted by molar-refractivity contribution is 5.76. The first-order valence-electron chi connectivity index (χ1n) is 4.43. The van der Waals surface area contributed by atoms with E-state index in [1.807, 2.05) is 19.1 Å². The molecule has 0 radical (unpaired) electrons. The maximum atomic E-state index is 10.8. The molecule has 1 N–H and O–H groups in total. The summed E-state index contributed by atoms with van der Waals surface area (Å²) in [6.45, 7) is 3.57. The lowest BCUT2D eigenvalue weighted by molar-refractivity contribution is -0.138. The fourth-order valence-corrected chi connectivity index (χ4v) is 1.35. The van der Waals surface area contributed by atoms with Crippen molar-refractivity contribution in [1.29, 1.82) is 0 Å². The number of ether oxygens (including phenoxy) is 1. The minimum Gasteiger partial charge on any atom is -0.497 e. The third kappa shape index (κ3) is 2.05. The van der Waals surface area contributed by atoms with E-state index >= 15 is 0 Å². The monoisotopic (exact) mass is 194 g/mol. The molecule has 0 fully saturated rings. The van der Waals surface area contributed by atoms with Crippen LogP contribution in [0.3, 0.4) is 0 Å². The molecule has 3 nitrogen and oxygen atoms in total. The molecule has 0 saturated carbocycles. The van der Waals surface area contributed by atoms with E-state index in [0.717, 1.165) is 11.1 Å². The van der Waals surface area contributed by atoms with Gasteiger partial charge in [0.2, 0.25) is 0 Å². The zero-order valence-electron chi connectivity index (χ0n) is 8.57. The van der Waals surface area contributed by atoms with Gasteiger partial charge in [-0.05, 0) is 37.1 Å². The van der Waals surface area contributed by atoms with Crippen molar-refractivity contribution in [2.45, 2.75) is 19.8 Å². The second-order valence-corrected chi connectivity index (χ2v) is 3.28. The maximum Gasteiger partial charge on any atom is 0.310 e. The van der Waals surface area contributed by atoms with Crippen molar-refractivity contribution in [1.82, 2.24) is 0 Å². The molecule has 0 heterocycles. The first-order valence-corrected chi connectivity index (χ1v) is 4.43. The molecule has 0 aliphatic carbocycles. The Labute approximate surface area is 83.3 Å². The highest BCUT2D eigenvalue weighted by Gasteiger charge is 2.16. The number of carbonyl (C=O) groups is 1. The van der Waals surface area contributed by atoms with Gasteiger partial charge in [-0.15, -0.1) is 0 Å². The van der Waals surface area contributed by atoms with Gasteiger partial charge >= 0.3 is 5.97 Å². The number of carboxylic acids is 1. The van der Waals surface area contributed by atoms with E-state index in [-0.39, 0.29) is 0 Å². The third-order valence-electron chi connectivity index (χ3n) is 2.32. The summed E-state index contributed by atoms with van der Waals surface area (Å²) in [5.74, 6) is -0.620. The van der Waals surface area contributed by atoms with Crippen LogP contribution in [0.5, 0.6) is 5.75 Å². The second-order valence-electron chi connectivity index (χ2n) is 3.28. The van der Waals surface area contributed by atoms with Crippen molar-refractivity contribution >= 4 is 5.97 Å². The van der Waals surface area contributed by atoms with Crippen molar-refractivity contribution in [2.75, 3.05) is 7.11 Å². The summed E-state index contributed by atoms with van der Waals surface area (Å²) in [7, 11) is 1.57. The van der Waals surface area contributed by atoms with E-state index in [1.165, 1.54) is 0 Å². The van der Waals surface area contributed by atoms with Crippen molar-refractivity contribution in [3.05, 3.63) is 29.3 Å². The first kappa shape index (κ1) is 10.6. The number of benzene rings is 1. The fourth-order valence-electron chi connectivity index (χ4n) is 1.35. The van der Waals surface area contributed by atoms with Crippen molar-refractivity contribution in [2.24, 2.45) is 0 Å². The van der Waals surface area contributed by atoms with Gasteiger partial charge in [-0.1, -0.05) is 6.07 Å². The van der Waals surface area contributed by atoms with Crippen LogP contribution in [0, 0.1) is 6.92 Å². The topological polar surface area (TPSA) is 46.5 Å². The lowest BCUT2D eigenvalue weighted by Crippen LogP contribution is -2.09. The summed E-state index contributed by atoms with van der Waals surface area (Å²) in [5, 5.41) is 8.88. The summed E-state index contributed by atoms with van der Waals surface area (Å²) in [4.78, 5) is 10.8. The molecule has 0 saturated heterocycles. The number of methoxy groups -OCH3 is 1.